The molecule has 0 saturated carbocycles. The number of aryl methyl sites for hydroxylation is 1. The van der Waals surface area contributed by atoms with E-state index in [1.807, 2.05) is 24.3 Å². The molecular weight excluding hydrogens is 316 g/mol. The van der Waals surface area contributed by atoms with Gasteiger partial charge < -0.3 is 10.1 Å². The summed E-state index contributed by atoms with van der Waals surface area (Å²) in [4.78, 5) is 19.0. The number of nitrogens with zero attached hydrogens (tertiary/aromatic N) is 1. The van der Waals surface area contributed by atoms with Gasteiger partial charge in [0.2, 0.25) is 0 Å². The van der Waals surface area contributed by atoms with Crippen LogP contribution in [-0.4, -0.2) is 18.0 Å². The van der Waals surface area contributed by atoms with Crippen molar-refractivity contribution in [1.82, 2.24) is 4.98 Å². The number of methoxy groups -OCH3 is 1. The minimum Gasteiger partial charge on any atom is -0.497 e. The maximum absolute atomic E-state index is 12.3. The van der Waals surface area contributed by atoms with Crippen LogP contribution in [0.1, 0.15) is 15.4 Å². The maximum atomic E-state index is 12.3. The van der Waals surface area contributed by atoms with Gasteiger partial charge in [-0.05, 0) is 31.2 Å². The molecule has 2 aromatic heterocycles. The van der Waals surface area contributed by atoms with Crippen LogP contribution in [0.4, 0.5) is 5.69 Å². The number of anilines is 1. The number of benzene rings is 1. The van der Waals surface area contributed by atoms with Gasteiger partial charge in [0.15, 0.2) is 0 Å². The van der Waals surface area contributed by atoms with Crippen LogP contribution in [0.25, 0.3) is 9.88 Å². The van der Waals surface area contributed by atoms with Crippen LogP contribution in [0, 0.1) is 6.92 Å². The monoisotopic (exact) mass is 330 g/mol. The maximum Gasteiger partial charge on any atom is 0.275 e. The highest BCUT2D eigenvalue weighted by molar-refractivity contribution is 7.21. The first-order valence-corrected chi connectivity index (χ1v) is 8.33. The lowest BCUT2D eigenvalue weighted by molar-refractivity contribution is 0.102. The molecule has 0 saturated heterocycles. The van der Waals surface area contributed by atoms with E-state index in [2.05, 4.69) is 23.3 Å². The van der Waals surface area contributed by atoms with Gasteiger partial charge in [0.1, 0.15) is 16.5 Å². The lowest BCUT2D eigenvalue weighted by atomic mass is 10.3. The zero-order valence-corrected chi connectivity index (χ0v) is 13.8. The fraction of sp³-hybridized carbons (Fsp3) is 0.125. The van der Waals surface area contributed by atoms with Gasteiger partial charge in [-0.25, -0.2) is 4.98 Å². The van der Waals surface area contributed by atoms with E-state index in [1.165, 1.54) is 16.2 Å². The third-order valence-electron chi connectivity index (χ3n) is 3.02. The molecule has 0 aliphatic carbocycles. The molecule has 4 nitrogen and oxygen atoms in total. The number of carbonyl (C=O) groups excluding carboxylic acids is 1. The zero-order chi connectivity index (χ0) is 15.5. The SMILES string of the molecule is COc1cccc(NC(=O)c2csc(-c3ccc(C)s3)n2)c1. The Morgan fingerprint density at radius 3 is 2.86 bits per heavy atom. The predicted molar refractivity (Wildman–Crippen MR) is 91.1 cm³/mol. The first-order valence-electron chi connectivity index (χ1n) is 6.63. The number of thiazole rings is 1. The van der Waals surface area contributed by atoms with E-state index in [0.29, 0.717) is 17.1 Å². The molecule has 22 heavy (non-hydrogen) atoms. The summed E-state index contributed by atoms with van der Waals surface area (Å²) in [6.45, 7) is 2.05. The summed E-state index contributed by atoms with van der Waals surface area (Å²) in [5.74, 6) is 0.481. The normalized spacial score (nSPS) is 10.5. The highest BCUT2D eigenvalue weighted by atomic mass is 32.1. The van der Waals surface area contributed by atoms with E-state index < -0.39 is 0 Å². The van der Waals surface area contributed by atoms with Crippen LogP contribution in [0.2, 0.25) is 0 Å². The Bertz CT molecular complexity index is 808. The molecule has 2 heterocycles. The van der Waals surface area contributed by atoms with Crippen molar-refractivity contribution in [3.8, 4) is 15.6 Å². The molecule has 0 aliphatic heterocycles. The summed E-state index contributed by atoms with van der Waals surface area (Å²) >= 11 is 3.15. The average Bonchev–Trinajstić information content (AvgIpc) is 3.16. The minimum atomic E-state index is -0.218. The molecule has 0 fully saturated rings. The van der Waals surface area contributed by atoms with E-state index in [1.54, 1.807) is 29.9 Å². The molecule has 6 heteroatoms. The smallest absolute Gasteiger partial charge is 0.275 e. The summed E-state index contributed by atoms with van der Waals surface area (Å²) in [5.41, 5.74) is 1.11. The van der Waals surface area contributed by atoms with Crippen molar-refractivity contribution in [2.24, 2.45) is 0 Å². The second-order valence-electron chi connectivity index (χ2n) is 4.63. The highest BCUT2D eigenvalue weighted by Crippen LogP contribution is 2.30. The minimum absolute atomic E-state index is 0.218. The molecule has 1 amide bonds. The van der Waals surface area contributed by atoms with Gasteiger partial charge in [0.05, 0.1) is 12.0 Å². The van der Waals surface area contributed by atoms with E-state index in [9.17, 15) is 4.79 Å². The second-order valence-corrected chi connectivity index (χ2v) is 6.78. The van der Waals surface area contributed by atoms with Gasteiger partial charge in [-0.1, -0.05) is 6.07 Å². The van der Waals surface area contributed by atoms with Crippen molar-refractivity contribution < 1.29 is 9.53 Å². The average molecular weight is 330 g/mol. The van der Waals surface area contributed by atoms with Gasteiger partial charge in [-0.2, -0.15) is 0 Å². The number of ether oxygens (including phenoxy) is 1. The molecule has 0 unspecified atom stereocenters. The summed E-state index contributed by atoms with van der Waals surface area (Å²) in [6, 6.07) is 11.3. The lowest BCUT2D eigenvalue weighted by Crippen LogP contribution is -2.12. The largest absolute Gasteiger partial charge is 0.497 e. The standard InChI is InChI=1S/C16H14N2O2S2/c1-10-6-7-14(22-10)16-18-13(9-21-16)15(19)17-11-4-3-5-12(8-11)20-2/h3-9H,1-2H3,(H,17,19). The highest BCUT2D eigenvalue weighted by Gasteiger charge is 2.13. The summed E-state index contributed by atoms with van der Waals surface area (Å²) in [6.07, 6.45) is 0. The van der Waals surface area contributed by atoms with E-state index in [0.717, 1.165) is 9.88 Å². The molecule has 3 aromatic rings. The van der Waals surface area contributed by atoms with Crippen LogP contribution in [0.15, 0.2) is 41.8 Å². The fourth-order valence-corrected chi connectivity index (χ4v) is 3.68. The molecule has 3 rings (SSSR count). The summed E-state index contributed by atoms with van der Waals surface area (Å²) < 4.78 is 5.14. The Kier molecular flexibility index (Phi) is 4.22. The number of hydrogen-bond donors (Lipinski definition) is 1. The molecule has 0 radical (unpaired) electrons. The van der Waals surface area contributed by atoms with Crippen molar-refractivity contribution in [3.05, 3.63) is 52.3 Å². The van der Waals surface area contributed by atoms with Crippen LogP contribution in [0.3, 0.4) is 0 Å². The number of rotatable bonds is 4. The second kappa shape index (κ2) is 6.29. The van der Waals surface area contributed by atoms with Crippen molar-refractivity contribution >= 4 is 34.3 Å². The third-order valence-corrected chi connectivity index (χ3v) is 5.03. The zero-order valence-electron chi connectivity index (χ0n) is 12.1. The first-order chi connectivity index (χ1) is 10.7. The molecule has 0 spiro atoms. The fourth-order valence-electron chi connectivity index (χ4n) is 1.94. The molecule has 1 N–H and O–H groups in total. The Hall–Kier alpha value is -2.18. The number of aromatic nitrogens is 1. The van der Waals surface area contributed by atoms with Gasteiger partial charge in [-0.15, -0.1) is 22.7 Å². The number of nitrogens with one attached hydrogen (secondary N) is 1. The number of amides is 1. The topological polar surface area (TPSA) is 51.2 Å². The van der Waals surface area contributed by atoms with Gasteiger partial charge in [0.25, 0.3) is 5.91 Å². The molecule has 0 atom stereocenters. The molecule has 0 bridgehead atoms. The number of hydrogen-bond acceptors (Lipinski definition) is 5. The van der Waals surface area contributed by atoms with Crippen LogP contribution < -0.4 is 10.1 Å². The number of carbonyl (C=O) groups is 1. The Morgan fingerprint density at radius 1 is 1.27 bits per heavy atom. The lowest BCUT2D eigenvalue weighted by Gasteiger charge is -2.05. The quantitative estimate of drug-likeness (QED) is 0.769. The van der Waals surface area contributed by atoms with E-state index in [4.69, 9.17) is 4.74 Å². The first kappa shape index (κ1) is 14.7. The van der Waals surface area contributed by atoms with Crippen molar-refractivity contribution in [3.63, 3.8) is 0 Å². The Balaban J connectivity index is 1.76. The third kappa shape index (κ3) is 3.18. The van der Waals surface area contributed by atoms with Crippen molar-refractivity contribution in [2.75, 3.05) is 12.4 Å². The Labute approximate surface area is 136 Å². The molecule has 1 aromatic carbocycles. The van der Waals surface area contributed by atoms with Gasteiger partial charge >= 0.3 is 0 Å². The predicted octanol–water partition coefficient (Wildman–Crippen LogP) is 4.44. The van der Waals surface area contributed by atoms with E-state index >= 15 is 0 Å². The van der Waals surface area contributed by atoms with Crippen LogP contribution in [0.5, 0.6) is 5.75 Å². The number of thiophene rings is 1. The van der Waals surface area contributed by atoms with Crippen molar-refractivity contribution in [1.29, 1.82) is 0 Å². The summed E-state index contributed by atoms with van der Waals surface area (Å²) in [7, 11) is 1.59. The molecule has 0 aliphatic rings. The van der Waals surface area contributed by atoms with E-state index in [-0.39, 0.29) is 5.91 Å². The summed E-state index contributed by atoms with van der Waals surface area (Å²) in [5, 5.41) is 5.48. The molecule has 112 valence electrons. The van der Waals surface area contributed by atoms with Crippen molar-refractivity contribution in [2.45, 2.75) is 6.92 Å². The van der Waals surface area contributed by atoms with Gasteiger partial charge in [-0.3, -0.25) is 4.79 Å². The van der Waals surface area contributed by atoms with Crippen LogP contribution in [-0.2, 0) is 0 Å². The Morgan fingerprint density at radius 2 is 2.14 bits per heavy atom. The van der Waals surface area contributed by atoms with Crippen LogP contribution >= 0.6 is 22.7 Å². The molecular formula is C16H14N2O2S2. The van der Waals surface area contributed by atoms with Gasteiger partial charge in [0, 0.05) is 22.0 Å².